The molecule has 5 rings (SSSR count). The number of ether oxygens (including phenoxy) is 1. The van der Waals surface area contributed by atoms with Crippen LogP contribution in [0.25, 0.3) is 0 Å². The Balaban J connectivity index is 1.40. The summed E-state index contributed by atoms with van der Waals surface area (Å²) in [7, 11) is -12.5. The molecule has 2 unspecified atom stereocenters. The molecular weight excluding hydrogens is 879 g/mol. The van der Waals surface area contributed by atoms with Crippen LogP contribution in [0.15, 0.2) is 94.4 Å². The van der Waals surface area contributed by atoms with Gasteiger partial charge in [0.05, 0.1) is 25.3 Å². The van der Waals surface area contributed by atoms with Gasteiger partial charge in [-0.1, -0.05) is 30.4 Å². The number of carbonyl (C=O) groups is 3. The first-order chi connectivity index (χ1) is 29.5. The lowest BCUT2D eigenvalue weighted by Gasteiger charge is -2.30. The molecule has 1 saturated heterocycles. The number of hydrogen-bond donors (Lipinski definition) is 0. The van der Waals surface area contributed by atoms with E-state index in [1.807, 2.05) is 42.4 Å². The molecule has 2 atom stereocenters. The van der Waals surface area contributed by atoms with E-state index in [9.17, 15) is 53.3 Å². The number of hydrogen-bond acceptors (Lipinski definition) is 15. The minimum Gasteiger partial charge on any atom is -0.748 e. The number of hydroxylamine groups is 2. The van der Waals surface area contributed by atoms with Crippen LogP contribution >= 0.6 is 0 Å². The average molecular weight is 930 g/mol. The summed E-state index contributed by atoms with van der Waals surface area (Å²) in [5, 5.41) is 0.517. The molecular formula is C43H51N3O14S3-2. The van der Waals surface area contributed by atoms with E-state index < -0.39 is 69.6 Å². The molecule has 63 heavy (non-hydrogen) atoms. The number of allylic oxidation sites excluding steroid dienone is 8. The van der Waals surface area contributed by atoms with Gasteiger partial charge in [-0.05, 0) is 94.8 Å². The molecule has 0 aliphatic carbocycles. The number of fused-ring (bicyclic) bond motifs is 2. The summed E-state index contributed by atoms with van der Waals surface area (Å²) < 4.78 is 114. The van der Waals surface area contributed by atoms with Crippen LogP contribution in [-0.2, 0) is 65.1 Å². The summed E-state index contributed by atoms with van der Waals surface area (Å²) >= 11 is 0. The SMILES string of the molecule is CCN1/C(=C/C=C/C=C/C=C/C2=[N+](CCCCCC(=O)ON3C(=O)CCC3=O)c3ccc(S(=O)(=O)[O-])cc3C2(C)CCOC)C(C)(CCCS(=O)(=O)[O-])c2cc(S(=O)(=O)[O-])ccc21. The van der Waals surface area contributed by atoms with Gasteiger partial charge in [0, 0.05) is 86.2 Å². The van der Waals surface area contributed by atoms with Crippen molar-refractivity contribution in [1.29, 1.82) is 0 Å². The highest BCUT2D eigenvalue weighted by Crippen LogP contribution is 2.51. The summed E-state index contributed by atoms with van der Waals surface area (Å²) in [4.78, 5) is 42.1. The van der Waals surface area contributed by atoms with Crippen molar-refractivity contribution < 1.29 is 67.4 Å². The second-order valence-electron chi connectivity index (χ2n) is 15.9. The lowest BCUT2D eigenvalue weighted by molar-refractivity contribution is -0.438. The number of anilines is 1. The zero-order valence-electron chi connectivity index (χ0n) is 35.5. The molecule has 3 aliphatic heterocycles. The molecule has 3 heterocycles. The van der Waals surface area contributed by atoms with E-state index in [-0.39, 0.29) is 37.0 Å². The Kier molecular flexibility index (Phi) is 15.5. The zero-order chi connectivity index (χ0) is 46.4. The quantitative estimate of drug-likeness (QED) is 0.0540. The highest BCUT2D eigenvalue weighted by atomic mass is 32.2. The van der Waals surface area contributed by atoms with Crippen LogP contribution < -0.4 is 4.90 Å². The molecule has 0 saturated carbocycles. The fourth-order valence-electron chi connectivity index (χ4n) is 8.40. The topological polar surface area (TPSA) is 251 Å². The maximum atomic E-state index is 12.4. The number of unbranched alkanes of at least 4 members (excludes halogenated alkanes) is 2. The fraction of sp³-hybridized carbons (Fsp3) is 0.442. The second kappa shape index (κ2) is 19.9. The molecule has 2 aromatic rings. The third kappa shape index (κ3) is 11.5. The first kappa shape index (κ1) is 49.2. The molecule has 2 amide bonds. The summed E-state index contributed by atoms with van der Waals surface area (Å²) in [5.41, 5.74) is 2.28. The van der Waals surface area contributed by atoms with E-state index in [4.69, 9.17) is 9.57 Å². The van der Waals surface area contributed by atoms with Crippen LogP contribution in [0.4, 0.5) is 11.4 Å². The van der Waals surface area contributed by atoms with E-state index in [0.717, 1.165) is 5.71 Å². The van der Waals surface area contributed by atoms with Crippen molar-refractivity contribution in [3.05, 3.63) is 95.8 Å². The van der Waals surface area contributed by atoms with Crippen molar-refractivity contribution in [1.82, 2.24) is 5.06 Å². The number of imide groups is 1. The van der Waals surface area contributed by atoms with Gasteiger partial charge >= 0.3 is 5.97 Å². The van der Waals surface area contributed by atoms with Crippen LogP contribution in [0.1, 0.15) is 89.7 Å². The minimum absolute atomic E-state index is 0.00367. The Bertz CT molecular complexity index is 2600. The Morgan fingerprint density at radius 1 is 0.794 bits per heavy atom. The van der Waals surface area contributed by atoms with Gasteiger partial charge in [-0.3, -0.25) is 9.59 Å². The minimum atomic E-state index is -4.80. The number of nitrogens with zero attached hydrogens (tertiary/aromatic N) is 3. The Morgan fingerprint density at radius 3 is 2.03 bits per heavy atom. The van der Waals surface area contributed by atoms with Crippen LogP contribution in [0.3, 0.4) is 0 Å². The maximum Gasteiger partial charge on any atom is 0.333 e. The zero-order valence-corrected chi connectivity index (χ0v) is 37.9. The molecule has 0 radical (unpaired) electrons. The number of benzene rings is 2. The number of amides is 2. The number of rotatable bonds is 21. The van der Waals surface area contributed by atoms with E-state index in [2.05, 4.69) is 0 Å². The van der Waals surface area contributed by atoms with Crippen molar-refractivity contribution in [2.45, 2.75) is 99.2 Å². The second-order valence-corrected chi connectivity index (χ2v) is 20.1. The third-order valence-electron chi connectivity index (χ3n) is 11.6. The lowest BCUT2D eigenvalue weighted by atomic mass is 9.76. The van der Waals surface area contributed by atoms with E-state index in [1.54, 1.807) is 49.6 Å². The number of methoxy groups -OCH3 is 1. The van der Waals surface area contributed by atoms with Crippen molar-refractivity contribution in [2.75, 3.05) is 37.5 Å². The van der Waals surface area contributed by atoms with Gasteiger partial charge in [0.15, 0.2) is 5.71 Å². The lowest BCUT2D eigenvalue weighted by Crippen LogP contribution is -2.33. The molecule has 0 aromatic heterocycles. The fourth-order valence-corrected chi connectivity index (χ4v) is 9.89. The normalized spacial score (nSPS) is 21.3. The molecule has 0 N–H and O–H groups in total. The molecule has 20 heteroatoms. The van der Waals surface area contributed by atoms with Gasteiger partial charge in [0.2, 0.25) is 5.69 Å². The third-order valence-corrected chi connectivity index (χ3v) is 14.1. The van der Waals surface area contributed by atoms with Crippen LogP contribution in [0.2, 0.25) is 0 Å². The monoisotopic (exact) mass is 929 g/mol. The molecule has 3 aliphatic rings. The van der Waals surface area contributed by atoms with Crippen LogP contribution in [0.5, 0.6) is 0 Å². The van der Waals surface area contributed by atoms with Gasteiger partial charge in [0.1, 0.15) is 26.8 Å². The Morgan fingerprint density at radius 2 is 1.41 bits per heavy atom. The first-order valence-corrected chi connectivity index (χ1v) is 24.8. The number of likely N-dealkylation sites (N-methyl/N-ethyl adjacent to an activating group) is 1. The summed E-state index contributed by atoms with van der Waals surface area (Å²) in [6.07, 6.45) is 14.7. The molecule has 17 nitrogen and oxygen atoms in total. The van der Waals surface area contributed by atoms with Gasteiger partial charge < -0.3 is 28.1 Å². The van der Waals surface area contributed by atoms with Crippen molar-refractivity contribution >= 4 is 65.2 Å². The van der Waals surface area contributed by atoms with Crippen molar-refractivity contribution in [2.24, 2.45) is 0 Å². The first-order valence-electron chi connectivity index (χ1n) is 20.4. The predicted octanol–water partition coefficient (Wildman–Crippen LogP) is 4.73. The van der Waals surface area contributed by atoms with E-state index in [1.165, 1.54) is 24.3 Å². The summed E-state index contributed by atoms with van der Waals surface area (Å²) in [5.74, 6) is -2.42. The molecule has 0 bridgehead atoms. The van der Waals surface area contributed by atoms with Gasteiger partial charge in [-0.2, -0.15) is 4.58 Å². The van der Waals surface area contributed by atoms with Crippen molar-refractivity contribution in [3.8, 4) is 0 Å². The summed E-state index contributed by atoms with van der Waals surface area (Å²) in [6.45, 7) is 6.86. The molecule has 0 spiro atoms. The highest BCUT2D eigenvalue weighted by molar-refractivity contribution is 7.86. The standard InChI is InChI=1S/C43H53N3O14S3/c1-5-44-35-20-18-31(62(53,54)55)29-33(35)42(2,24-14-28-61(50,51)52)37(44)15-10-7-6-8-11-16-38-43(3,25-27-59-4)34-30-32(63(56,57)58)19-21-36(34)45(38)26-13-9-12-17-41(49)60-46-39(47)22-23-40(46)48/h6-8,10-11,15-16,18-21,29-30H,5,9,12-14,17,22-28H2,1-4H3,(H2-,50,51,52,53,54,55,56,57,58)/p-2. The molecule has 1 fully saturated rings. The van der Waals surface area contributed by atoms with Gasteiger partial charge in [0.25, 0.3) is 11.8 Å². The largest absolute Gasteiger partial charge is 0.748 e. The van der Waals surface area contributed by atoms with E-state index in [0.29, 0.717) is 78.6 Å². The van der Waals surface area contributed by atoms with Crippen molar-refractivity contribution in [3.63, 3.8) is 0 Å². The smallest absolute Gasteiger partial charge is 0.333 e. The van der Waals surface area contributed by atoms with E-state index >= 15 is 0 Å². The highest BCUT2D eigenvalue weighted by Gasteiger charge is 2.48. The molecule has 2 aromatic carbocycles. The van der Waals surface area contributed by atoms with Gasteiger partial charge in [-0.25, -0.2) is 30.0 Å². The number of carbonyl (C=O) groups excluding carboxylic acids is 3. The van der Waals surface area contributed by atoms with Gasteiger partial charge in [-0.15, -0.1) is 5.06 Å². The summed E-state index contributed by atoms with van der Waals surface area (Å²) in [6, 6.07) is 8.37. The predicted molar refractivity (Wildman–Crippen MR) is 228 cm³/mol. The van der Waals surface area contributed by atoms with Crippen LogP contribution in [-0.4, -0.2) is 105 Å². The maximum absolute atomic E-state index is 12.4. The Hall–Kier alpha value is -4.83. The Labute approximate surface area is 368 Å². The average Bonchev–Trinajstić information content (AvgIpc) is 3.74. The van der Waals surface area contributed by atoms with Crippen LogP contribution in [0, 0.1) is 0 Å². The molecule has 342 valence electrons.